The first kappa shape index (κ1) is 11.9. The van der Waals surface area contributed by atoms with E-state index in [0.29, 0.717) is 24.5 Å². The van der Waals surface area contributed by atoms with E-state index < -0.39 is 0 Å². The van der Waals surface area contributed by atoms with Crippen LogP contribution in [-0.2, 0) is 0 Å². The van der Waals surface area contributed by atoms with E-state index in [4.69, 9.17) is 4.74 Å². The molecule has 4 nitrogen and oxygen atoms in total. The van der Waals surface area contributed by atoms with Gasteiger partial charge in [-0.3, -0.25) is 4.79 Å². The number of fused-ring (bicyclic) bond motifs is 1. The smallest absolute Gasteiger partial charge is 0.257 e. The van der Waals surface area contributed by atoms with Gasteiger partial charge in [-0.25, -0.2) is 0 Å². The van der Waals surface area contributed by atoms with Crippen LogP contribution in [0.15, 0.2) is 24.3 Å². The van der Waals surface area contributed by atoms with Crippen LogP contribution < -0.4 is 10.1 Å². The Morgan fingerprint density at radius 3 is 3.06 bits per heavy atom. The van der Waals surface area contributed by atoms with Crippen LogP contribution in [0.1, 0.15) is 16.8 Å². The lowest BCUT2D eigenvalue weighted by Crippen LogP contribution is -2.34. The zero-order valence-corrected chi connectivity index (χ0v) is 10.1. The molecule has 1 heterocycles. The van der Waals surface area contributed by atoms with Gasteiger partial charge < -0.3 is 15.0 Å². The third-order valence-corrected chi connectivity index (χ3v) is 2.88. The molecule has 0 aliphatic carbocycles. The normalized spacial score (nSPS) is 15.1. The van der Waals surface area contributed by atoms with Crippen LogP contribution in [0.3, 0.4) is 0 Å². The topological polar surface area (TPSA) is 41.6 Å². The Balaban J connectivity index is 2.09. The van der Waals surface area contributed by atoms with Crippen molar-refractivity contribution in [3.05, 3.63) is 29.8 Å². The Kier molecular flexibility index (Phi) is 3.98. The van der Waals surface area contributed by atoms with Gasteiger partial charge in [-0.1, -0.05) is 12.1 Å². The van der Waals surface area contributed by atoms with Gasteiger partial charge in [-0.2, -0.15) is 0 Å². The van der Waals surface area contributed by atoms with E-state index in [2.05, 4.69) is 5.32 Å². The van der Waals surface area contributed by atoms with E-state index in [9.17, 15) is 4.79 Å². The summed E-state index contributed by atoms with van der Waals surface area (Å²) in [4.78, 5) is 14.1. The summed E-state index contributed by atoms with van der Waals surface area (Å²) in [6, 6.07) is 7.44. The van der Waals surface area contributed by atoms with Crippen LogP contribution in [0.4, 0.5) is 0 Å². The Labute approximate surface area is 102 Å². The van der Waals surface area contributed by atoms with Gasteiger partial charge in [0.15, 0.2) is 0 Å². The molecule has 1 aliphatic rings. The summed E-state index contributed by atoms with van der Waals surface area (Å²) in [5.41, 5.74) is 0.675. The Morgan fingerprint density at radius 1 is 1.41 bits per heavy atom. The SMILES string of the molecule is CNCCCN1CCOc2ccccc2C1=O. The highest BCUT2D eigenvalue weighted by Crippen LogP contribution is 2.22. The fourth-order valence-corrected chi connectivity index (χ4v) is 1.97. The number of nitrogens with one attached hydrogen (secondary N) is 1. The molecular weight excluding hydrogens is 216 g/mol. The van der Waals surface area contributed by atoms with Gasteiger partial charge in [0.2, 0.25) is 0 Å². The summed E-state index contributed by atoms with van der Waals surface area (Å²) in [6.45, 7) is 2.93. The van der Waals surface area contributed by atoms with E-state index in [-0.39, 0.29) is 5.91 Å². The van der Waals surface area contributed by atoms with Crippen molar-refractivity contribution in [1.29, 1.82) is 0 Å². The van der Waals surface area contributed by atoms with Gasteiger partial charge in [-0.15, -0.1) is 0 Å². The van der Waals surface area contributed by atoms with Gasteiger partial charge in [0.1, 0.15) is 12.4 Å². The zero-order valence-electron chi connectivity index (χ0n) is 10.1. The lowest BCUT2D eigenvalue weighted by molar-refractivity contribution is 0.0754. The second-order valence-electron chi connectivity index (χ2n) is 4.09. The molecule has 2 rings (SSSR count). The second kappa shape index (κ2) is 5.68. The summed E-state index contributed by atoms with van der Waals surface area (Å²) >= 11 is 0. The fraction of sp³-hybridized carbons (Fsp3) is 0.462. The van der Waals surface area contributed by atoms with Gasteiger partial charge in [-0.05, 0) is 32.1 Å². The van der Waals surface area contributed by atoms with Crippen molar-refractivity contribution in [2.24, 2.45) is 0 Å². The minimum atomic E-state index is 0.0780. The first-order valence-electron chi connectivity index (χ1n) is 5.98. The van der Waals surface area contributed by atoms with Crippen molar-refractivity contribution >= 4 is 5.91 Å². The number of para-hydroxylation sites is 1. The molecule has 1 aliphatic heterocycles. The van der Waals surface area contributed by atoms with Crippen molar-refractivity contribution in [2.75, 3.05) is 33.3 Å². The fourth-order valence-electron chi connectivity index (χ4n) is 1.97. The minimum absolute atomic E-state index is 0.0780. The first-order valence-corrected chi connectivity index (χ1v) is 5.98. The van der Waals surface area contributed by atoms with E-state index in [0.717, 1.165) is 19.5 Å². The molecule has 17 heavy (non-hydrogen) atoms. The highest BCUT2D eigenvalue weighted by Gasteiger charge is 2.22. The number of ether oxygens (including phenoxy) is 1. The van der Waals surface area contributed by atoms with Crippen molar-refractivity contribution < 1.29 is 9.53 Å². The lowest BCUT2D eigenvalue weighted by Gasteiger charge is -2.19. The second-order valence-corrected chi connectivity index (χ2v) is 4.09. The molecule has 1 amide bonds. The monoisotopic (exact) mass is 234 g/mol. The van der Waals surface area contributed by atoms with Gasteiger partial charge in [0.25, 0.3) is 5.91 Å². The number of hydrogen-bond acceptors (Lipinski definition) is 3. The minimum Gasteiger partial charge on any atom is -0.491 e. The predicted molar refractivity (Wildman–Crippen MR) is 66.4 cm³/mol. The van der Waals surface area contributed by atoms with Crippen LogP contribution >= 0.6 is 0 Å². The number of amides is 1. The predicted octanol–water partition coefficient (Wildman–Crippen LogP) is 1.13. The molecule has 0 bridgehead atoms. The quantitative estimate of drug-likeness (QED) is 0.794. The van der Waals surface area contributed by atoms with E-state index >= 15 is 0 Å². The summed E-state index contributed by atoms with van der Waals surface area (Å²) in [5, 5.41) is 3.09. The van der Waals surface area contributed by atoms with E-state index in [1.807, 2.05) is 36.2 Å². The van der Waals surface area contributed by atoms with Crippen molar-refractivity contribution in [2.45, 2.75) is 6.42 Å². The van der Waals surface area contributed by atoms with Crippen LogP contribution in [0, 0.1) is 0 Å². The molecule has 1 N–H and O–H groups in total. The van der Waals surface area contributed by atoms with E-state index in [1.165, 1.54) is 0 Å². The highest BCUT2D eigenvalue weighted by molar-refractivity contribution is 5.97. The van der Waals surface area contributed by atoms with Gasteiger partial charge in [0, 0.05) is 6.54 Å². The van der Waals surface area contributed by atoms with Crippen molar-refractivity contribution in [1.82, 2.24) is 10.2 Å². The Morgan fingerprint density at radius 2 is 2.24 bits per heavy atom. The molecule has 0 fully saturated rings. The molecule has 92 valence electrons. The largest absolute Gasteiger partial charge is 0.491 e. The third-order valence-electron chi connectivity index (χ3n) is 2.88. The summed E-state index contributed by atoms with van der Waals surface area (Å²) < 4.78 is 5.58. The van der Waals surface area contributed by atoms with Crippen LogP contribution in [0.5, 0.6) is 5.75 Å². The molecule has 0 saturated carbocycles. The van der Waals surface area contributed by atoms with Crippen LogP contribution in [0.25, 0.3) is 0 Å². The molecule has 0 unspecified atom stereocenters. The van der Waals surface area contributed by atoms with Gasteiger partial charge >= 0.3 is 0 Å². The number of carbonyl (C=O) groups excluding carboxylic acids is 1. The van der Waals surface area contributed by atoms with Crippen LogP contribution in [0.2, 0.25) is 0 Å². The van der Waals surface area contributed by atoms with Crippen molar-refractivity contribution in [3.8, 4) is 5.75 Å². The first-order chi connectivity index (χ1) is 8.33. The summed E-state index contributed by atoms with van der Waals surface area (Å²) in [7, 11) is 1.92. The molecule has 1 aromatic carbocycles. The number of nitrogens with zero attached hydrogens (tertiary/aromatic N) is 1. The number of hydrogen-bond donors (Lipinski definition) is 1. The molecule has 0 spiro atoms. The highest BCUT2D eigenvalue weighted by atomic mass is 16.5. The molecular formula is C13H18N2O2. The lowest BCUT2D eigenvalue weighted by atomic mass is 10.2. The molecule has 4 heteroatoms. The summed E-state index contributed by atoms with van der Waals surface area (Å²) in [5.74, 6) is 0.780. The maximum atomic E-state index is 12.3. The van der Waals surface area contributed by atoms with Crippen molar-refractivity contribution in [3.63, 3.8) is 0 Å². The molecule has 0 radical (unpaired) electrons. The summed E-state index contributed by atoms with van der Waals surface area (Å²) in [6.07, 6.45) is 0.963. The number of benzene rings is 1. The number of rotatable bonds is 4. The third kappa shape index (κ3) is 2.77. The van der Waals surface area contributed by atoms with Crippen LogP contribution in [-0.4, -0.2) is 44.1 Å². The van der Waals surface area contributed by atoms with Gasteiger partial charge in [0.05, 0.1) is 12.1 Å². The maximum absolute atomic E-state index is 12.3. The Hall–Kier alpha value is -1.55. The molecule has 1 aromatic rings. The Bertz CT molecular complexity index is 393. The average Bonchev–Trinajstić information content (AvgIpc) is 2.51. The number of carbonyl (C=O) groups is 1. The van der Waals surface area contributed by atoms with E-state index in [1.54, 1.807) is 0 Å². The molecule has 0 aromatic heterocycles. The standard InChI is InChI=1S/C13H18N2O2/c1-14-7-4-8-15-9-10-17-12-6-3-2-5-11(12)13(15)16/h2-3,5-6,14H,4,7-10H2,1H3. The zero-order chi connectivity index (χ0) is 12.1. The maximum Gasteiger partial charge on any atom is 0.257 e. The molecule has 0 saturated heterocycles. The average molecular weight is 234 g/mol. The molecule has 0 atom stereocenters.